The fraction of sp³-hybridized carbons (Fsp3) is 0.222. The number of carbonyl (C=O) groups excluding carboxylic acids is 1. The normalized spacial score (nSPS) is 10.8. The van der Waals surface area contributed by atoms with Gasteiger partial charge in [-0.2, -0.15) is 0 Å². The van der Waals surface area contributed by atoms with Crippen LogP contribution in [-0.4, -0.2) is 20.3 Å². The molecule has 0 saturated heterocycles. The van der Waals surface area contributed by atoms with E-state index in [-0.39, 0.29) is 11.5 Å². The van der Waals surface area contributed by atoms with E-state index in [1.54, 1.807) is 12.1 Å². The summed E-state index contributed by atoms with van der Waals surface area (Å²) in [6, 6.07) is 10.5. The lowest BCUT2D eigenvalue weighted by molar-refractivity contribution is -0.384. The van der Waals surface area contributed by atoms with Gasteiger partial charge in [0.15, 0.2) is 5.78 Å². The lowest BCUT2D eigenvalue weighted by Crippen LogP contribution is -2.08. The number of carbonyl (C=O) groups is 1. The Morgan fingerprint density at radius 1 is 1.28 bits per heavy atom. The number of nitro groups is 1. The first-order valence-corrected chi connectivity index (χ1v) is 7.82. The zero-order valence-electron chi connectivity index (χ0n) is 14.2. The largest absolute Gasteiger partial charge is 0.372 e. The second-order valence-electron chi connectivity index (χ2n) is 5.98. The molecule has 0 atom stereocenters. The Morgan fingerprint density at radius 2 is 2.04 bits per heavy atom. The molecule has 0 bridgehead atoms. The van der Waals surface area contributed by atoms with Crippen molar-refractivity contribution in [2.75, 3.05) is 5.32 Å². The van der Waals surface area contributed by atoms with Crippen molar-refractivity contribution in [3.8, 4) is 0 Å². The van der Waals surface area contributed by atoms with Gasteiger partial charge in [-0.25, -0.2) is 4.98 Å². The number of imidazole rings is 1. The smallest absolute Gasteiger partial charge is 0.293 e. The van der Waals surface area contributed by atoms with Gasteiger partial charge in [0.25, 0.3) is 5.69 Å². The van der Waals surface area contributed by atoms with Crippen LogP contribution in [0.1, 0.15) is 28.7 Å². The minimum absolute atomic E-state index is 0.123. The molecule has 0 amide bonds. The first-order chi connectivity index (χ1) is 11.9. The SMILES string of the molecule is CC(=O)c1ccc(NCc2nc3cc(C)ccc3n2C)c([N+](=O)[O-])c1. The van der Waals surface area contributed by atoms with E-state index in [9.17, 15) is 14.9 Å². The molecule has 3 rings (SSSR count). The van der Waals surface area contributed by atoms with Gasteiger partial charge in [-0.3, -0.25) is 14.9 Å². The van der Waals surface area contributed by atoms with E-state index in [1.165, 1.54) is 13.0 Å². The number of hydrogen-bond acceptors (Lipinski definition) is 5. The number of ketones is 1. The van der Waals surface area contributed by atoms with Crippen LogP contribution < -0.4 is 5.32 Å². The van der Waals surface area contributed by atoms with Crippen LogP contribution in [0.5, 0.6) is 0 Å². The predicted octanol–water partition coefficient (Wildman–Crippen LogP) is 3.60. The third kappa shape index (κ3) is 3.21. The van der Waals surface area contributed by atoms with Crippen LogP contribution >= 0.6 is 0 Å². The van der Waals surface area contributed by atoms with Crippen molar-refractivity contribution < 1.29 is 9.72 Å². The van der Waals surface area contributed by atoms with Crippen molar-refractivity contribution in [3.63, 3.8) is 0 Å². The Hall–Kier alpha value is -3.22. The van der Waals surface area contributed by atoms with Crippen LogP contribution in [0.2, 0.25) is 0 Å². The summed E-state index contributed by atoms with van der Waals surface area (Å²) in [7, 11) is 1.91. The van der Waals surface area contributed by atoms with E-state index >= 15 is 0 Å². The highest BCUT2D eigenvalue weighted by Gasteiger charge is 2.17. The van der Waals surface area contributed by atoms with Gasteiger partial charge in [-0.15, -0.1) is 0 Å². The molecule has 1 aromatic heterocycles. The Kier molecular flexibility index (Phi) is 4.22. The Balaban J connectivity index is 1.90. The molecule has 7 heteroatoms. The van der Waals surface area contributed by atoms with E-state index in [4.69, 9.17) is 0 Å². The van der Waals surface area contributed by atoms with Gasteiger partial charge in [0.1, 0.15) is 11.5 Å². The summed E-state index contributed by atoms with van der Waals surface area (Å²) >= 11 is 0. The minimum Gasteiger partial charge on any atom is -0.372 e. The number of nitrogens with one attached hydrogen (secondary N) is 1. The highest BCUT2D eigenvalue weighted by molar-refractivity contribution is 5.95. The number of benzene rings is 2. The number of Topliss-reactive ketones (excluding diaryl/α,β-unsaturated/α-hetero) is 1. The summed E-state index contributed by atoms with van der Waals surface area (Å²) in [6.07, 6.45) is 0. The second kappa shape index (κ2) is 6.35. The van der Waals surface area contributed by atoms with Crippen LogP contribution in [0.25, 0.3) is 11.0 Å². The molecule has 1 heterocycles. The van der Waals surface area contributed by atoms with Crippen LogP contribution in [0.15, 0.2) is 36.4 Å². The molecule has 7 nitrogen and oxygen atoms in total. The van der Waals surface area contributed by atoms with E-state index < -0.39 is 4.92 Å². The molecule has 128 valence electrons. The highest BCUT2D eigenvalue weighted by Crippen LogP contribution is 2.26. The topological polar surface area (TPSA) is 90.1 Å². The summed E-state index contributed by atoms with van der Waals surface area (Å²) in [4.78, 5) is 26.8. The second-order valence-corrected chi connectivity index (χ2v) is 5.98. The zero-order valence-corrected chi connectivity index (χ0v) is 14.2. The van der Waals surface area contributed by atoms with Crippen molar-refractivity contribution in [1.82, 2.24) is 9.55 Å². The molecule has 0 aliphatic heterocycles. The van der Waals surface area contributed by atoms with E-state index in [0.29, 0.717) is 17.8 Å². The molecular weight excluding hydrogens is 320 g/mol. The number of hydrogen-bond donors (Lipinski definition) is 1. The van der Waals surface area contributed by atoms with Crippen molar-refractivity contribution in [2.24, 2.45) is 7.05 Å². The van der Waals surface area contributed by atoms with Crippen molar-refractivity contribution in [3.05, 3.63) is 63.5 Å². The first-order valence-electron chi connectivity index (χ1n) is 7.82. The van der Waals surface area contributed by atoms with E-state index in [2.05, 4.69) is 10.3 Å². The minimum atomic E-state index is -0.493. The molecule has 25 heavy (non-hydrogen) atoms. The third-order valence-electron chi connectivity index (χ3n) is 4.17. The fourth-order valence-corrected chi connectivity index (χ4v) is 2.74. The highest BCUT2D eigenvalue weighted by atomic mass is 16.6. The van der Waals surface area contributed by atoms with Gasteiger partial charge in [-0.1, -0.05) is 6.07 Å². The number of nitrogens with zero attached hydrogens (tertiary/aromatic N) is 3. The van der Waals surface area contributed by atoms with Gasteiger partial charge in [0.2, 0.25) is 0 Å². The summed E-state index contributed by atoms with van der Waals surface area (Å²) < 4.78 is 1.96. The molecular formula is C18H18N4O3. The summed E-state index contributed by atoms with van der Waals surface area (Å²) in [5.41, 5.74) is 3.57. The Labute approximate surface area is 144 Å². The average Bonchev–Trinajstić information content (AvgIpc) is 2.87. The monoisotopic (exact) mass is 338 g/mol. The summed E-state index contributed by atoms with van der Waals surface area (Å²) in [5.74, 6) is 0.561. The molecule has 0 unspecified atom stereocenters. The van der Waals surface area contributed by atoms with Gasteiger partial charge in [-0.05, 0) is 43.7 Å². The molecule has 2 aromatic carbocycles. The zero-order chi connectivity index (χ0) is 18.1. The molecule has 0 aliphatic rings. The lowest BCUT2D eigenvalue weighted by atomic mass is 10.1. The Bertz CT molecular complexity index is 991. The number of anilines is 1. The van der Waals surface area contributed by atoms with Gasteiger partial charge in [0.05, 0.1) is 22.5 Å². The predicted molar refractivity (Wildman–Crippen MR) is 95.9 cm³/mol. The maximum atomic E-state index is 11.4. The maximum absolute atomic E-state index is 11.4. The van der Waals surface area contributed by atoms with Gasteiger partial charge in [0, 0.05) is 18.7 Å². The molecule has 0 spiro atoms. The van der Waals surface area contributed by atoms with Crippen molar-refractivity contribution in [1.29, 1.82) is 0 Å². The molecule has 0 fully saturated rings. The van der Waals surface area contributed by atoms with Crippen molar-refractivity contribution in [2.45, 2.75) is 20.4 Å². The van der Waals surface area contributed by atoms with E-state index in [1.807, 2.05) is 36.7 Å². The maximum Gasteiger partial charge on any atom is 0.293 e. The molecule has 0 radical (unpaired) electrons. The van der Waals surface area contributed by atoms with Crippen LogP contribution in [0.3, 0.4) is 0 Å². The van der Waals surface area contributed by atoms with Crippen LogP contribution in [0.4, 0.5) is 11.4 Å². The summed E-state index contributed by atoms with van der Waals surface area (Å²) in [6.45, 7) is 3.73. The number of rotatable bonds is 5. The number of nitro benzene ring substituents is 1. The van der Waals surface area contributed by atoms with Crippen molar-refractivity contribution >= 4 is 28.2 Å². The standard InChI is InChI=1S/C18H18N4O3/c1-11-4-7-16-15(8-11)20-18(21(16)3)10-19-14-6-5-13(12(2)23)9-17(14)22(24)25/h4-9,19H,10H2,1-3H3. The van der Waals surface area contributed by atoms with Crippen LogP contribution in [0, 0.1) is 17.0 Å². The number of fused-ring (bicyclic) bond motifs is 1. The lowest BCUT2D eigenvalue weighted by Gasteiger charge is -2.08. The fourth-order valence-electron chi connectivity index (χ4n) is 2.74. The molecule has 3 aromatic rings. The van der Waals surface area contributed by atoms with Crippen LogP contribution in [-0.2, 0) is 13.6 Å². The molecule has 0 saturated carbocycles. The molecule has 0 aliphatic carbocycles. The third-order valence-corrected chi connectivity index (χ3v) is 4.17. The number of aryl methyl sites for hydroxylation is 2. The average molecular weight is 338 g/mol. The first kappa shape index (κ1) is 16.6. The van der Waals surface area contributed by atoms with E-state index in [0.717, 1.165) is 22.4 Å². The quantitative estimate of drug-likeness (QED) is 0.436. The van der Waals surface area contributed by atoms with Gasteiger partial charge >= 0.3 is 0 Å². The molecule has 1 N–H and O–H groups in total. The summed E-state index contributed by atoms with van der Waals surface area (Å²) in [5, 5.41) is 14.3. The number of aromatic nitrogens is 2. The van der Waals surface area contributed by atoms with Gasteiger partial charge < -0.3 is 9.88 Å². The Morgan fingerprint density at radius 3 is 2.72 bits per heavy atom.